The molecule has 0 aliphatic rings. The number of hydrogen-bond acceptors (Lipinski definition) is 5. The molecule has 2 aromatic rings. The van der Waals surface area contributed by atoms with Crippen molar-refractivity contribution < 1.29 is 14.3 Å². The zero-order valence-electron chi connectivity index (χ0n) is 16.6. The van der Waals surface area contributed by atoms with Crippen molar-refractivity contribution in [1.82, 2.24) is 10.3 Å². The second-order valence-electron chi connectivity index (χ2n) is 6.40. The van der Waals surface area contributed by atoms with Crippen molar-refractivity contribution in [2.45, 2.75) is 39.3 Å². The summed E-state index contributed by atoms with van der Waals surface area (Å²) in [5.74, 6) is 0.724. The highest BCUT2D eigenvalue weighted by atomic mass is 16.5. The fourth-order valence-corrected chi connectivity index (χ4v) is 2.61. The summed E-state index contributed by atoms with van der Waals surface area (Å²) in [5.41, 5.74) is 7.88. The first-order valence-electron chi connectivity index (χ1n) is 9.53. The molecule has 6 heteroatoms. The molecule has 0 saturated heterocycles. The van der Waals surface area contributed by atoms with Crippen molar-refractivity contribution in [2.75, 3.05) is 19.5 Å². The number of nitrogens with one attached hydrogen (secondary N) is 1. The molecule has 1 aromatic carbocycles. The van der Waals surface area contributed by atoms with Gasteiger partial charge in [-0.15, -0.1) is 0 Å². The number of rotatable bonds is 11. The molecule has 0 aliphatic heterocycles. The summed E-state index contributed by atoms with van der Waals surface area (Å²) in [6, 6.07) is 11.1. The lowest BCUT2D eigenvalue weighted by Gasteiger charge is -2.10. The van der Waals surface area contributed by atoms with Crippen LogP contribution in [0.5, 0.6) is 5.75 Å². The quantitative estimate of drug-likeness (QED) is 0.454. The predicted octanol–water partition coefficient (Wildman–Crippen LogP) is 3.87. The Bertz CT molecular complexity index is 790. The minimum atomic E-state index is -0.263. The lowest BCUT2D eigenvalue weighted by atomic mass is 10.2. The predicted molar refractivity (Wildman–Crippen MR) is 111 cm³/mol. The molecule has 0 bridgehead atoms. The number of nitrogen functional groups attached to an aromatic ring is 1. The van der Waals surface area contributed by atoms with E-state index < -0.39 is 0 Å². The van der Waals surface area contributed by atoms with Crippen molar-refractivity contribution in [1.29, 1.82) is 0 Å². The number of hydrogen-bond donors (Lipinski definition) is 2. The van der Waals surface area contributed by atoms with Crippen LogP contribution in [0.2, 0.25) is 0 Å². The Morgan fingerprint density at radius 2 is 2.04 bits per heavy atom. The van der Waals surface area contributed by atoms with Gasteiger partial charge in [0.1, 0.15) is 11.6 Å². The lowest BCUT2D eigenvalue weighted by molar-refractivity contribution is 0.0951. The average Bonchev–Trinajstić information content (AvgIpc) is 2.69. The van der Waals surface area contributed by atoms with Crippen LogP contribution in [0, 0.1) is 0 Å². The Morgan fingerprint density at radius 3 is 2.79 bits per heavy atom. The van der Waals surface area contributed by atoms with Crippen LogP contribution < -0.4 is 15.8 Å². The lowest BCUT2D eigenvalue weighted by Crippen LogP contribution is -2.24. The van der Waals surface area contributed by atoms with Crippen LogP contribution in [-0.2, 0) is 17.9 Å². The van der Waals surface area contributed by atoms with E-state index in [2.05, 4.69) is 29.4 Å². The van der Waals surface area contributed by atoms with Crippen molar-refractivity contribution in [3.8, 4) is 5.75 Å². The summed E-state index contributed by atoms with van der Waals surface area (Å²) in [7, 11) is 1.58. The first-order valence-corrected chi connectivity index (χ1v) is 9.53. The van der Waals surface area contributed by atoms with E-state index in [1.165, 1.54) is 0 Å². The summed E-state index contributed by atoms with van der Waals surface area (Å²) < 4.78 is 10.8. The monoisotopic (exact) mass is 383 g/mol. The number of benzene rings is 1. The van der Waals surface area contributed by atoms with Crippen molar-refractivity contribution >= 4 is 11.7 Å². The van der Waals surface area contributed by atoms with E-state index >= 15 is 0 Å². The number of allylic oxidation sites excluding steroid dienone is 1. The number of ether oxygens (including phenoxy) is 2. The minimum Gasteiger partial charge on any atom is -0.493 e. The number of methoxy groups -OCH3 is 1. The van der Waals surface area contributed by atoms with Crippen LogP contribution in [0.3, 0.4) is 0 Å². The van der Waals surface area contributed by atoms with Crippen molar-refractivity contribution in [3.63, 3.8) is 0 Å². The van der Waals surface area contributed by atoms with E-state index in [1.54, 1.807) is 19.2 Å². The molecule has 28 heavy (non-hydrogen) atoms. The average molecular weight is 383 g/mol. The zero-order chi connectivity index (χ0) is 20.2. The molecule has 0 aliphatic carbocycles. The molecule has 1 amide bonds. The normalized spacial score (nSPS) is 10.9. The number of nitrogens with two attached hydrogens (primary N) is 1. The Labute approximate surface area is 166 Å². The van der Waals surface area contributed by atoms with Gasteiger partial charge in [0.05, 0.1) is 24.5 Å². The fraction of sp³-hybridized carbons (Fsp3) is 0.364. The molecule has 0 unspecified atom stereocenters. The highest BCUT2D eigenvalue weighted by Gasteiger charge is 2.11. The maximum absolute atomic E-state index is 12.4. The molecule has 1 heterocycles. The van der Waals surface area contributed by atoms with Crippen molar-refractivity contribution in [3.05, 3.63) is 65.4 Å². The number of carbonyl (C=O) groups is 1. The van der Waals surface area contributed by atoms with Gasteiger partial charge >= 0.3 is 0 Å². The first kappa shape index (κ1) is 21.4. The van der Waals surface area contributed by atoms with Gasteiger partial charge in [-0.05, 0) is 42.7 Å². The maximum atomic E-state index is 12.4. The highest BCUT2D eigenvalue weighted by Crippen LogP contribution is 2.15. The number of anilines is 1. The van der Waals surface area contributed by atoms with Gasteiger partial charge in [-0.25, -0.2) is 4.98 Å². The second-order valence-corrected chi connectivity index (χ2v) is 6.40. The van der Waals surface area contributed by atoms with Gasteiger partial charge < -0.3 is 20.5 Å². The summed E-state index contributed by atoms with van der Waals surface area (Å²) in [6.45, 7) is 3.53. The SMILES string of the molecule is CCC/C=C/CCOc1cccc(CNC(=O)c2ccc(COC)nc2N)c1. The summed E-state index contributed by atoms with van der Waals surface area (Å²) >= 11 is 0. The molecular formula is C22H29N3O3. The van der Waals surface area contributed by atoms with E-state index in [0.717, 1.165) is 30.6 Å². The topological polar surface area (TPSA) is 86.5 Å². The van der Waals surface area contributed by atoms with Gasteiger partial charge in [-0.3, -0.25) is 4.79 Å². The summed E-state index contributed by atoms with van der Waals surface area (Å²) in [4.78, 5) is 16.6. The van der Waals surface area contributed by atoms with Crippen LogP contribution in [0.25, 0.3) is 0 Å². The van der Waals surface area contributed by atoms with Crippen LogP contribution in [0.4, 0.5) is 5.82 Å². The molecule has 0 atom stereocenters. The van der Waals surface area contributed by atoms with E-state index in [-0.39, 0.29) is 11.7 Å². The Balaban J connectivity index is 1.86. The molecule has 1 aromatic heterocycles. The third-order valence-electron chi connectivity index (χ3n) is 4.05. The van der Waals surface area contributed by atoms with Crippen LogP contribution in [0.1, 0.15) is 47.8 Å². The summed E-state index contributed by atoms with van der Waals surface area (Å²) in [6.07, 6.45) is 7.46. The van der Waals surface area contributed by atoms with Gasteiger partial charge in [-0.2, -0.15) is 0 Å². The number of carbonyl (C=O) groups excluding carboxylic acids is 1. The third kappa shape index (κ3) is 7.04. The van der Waals surface area contributed by atoms with E-state index in [4.69, 9.17) is 15.2 Å². The molecule has 0 saturated carbocycles. The number of nitrogens with zero attached hydrogens (tertiary/aromatic N) is 1. The number of amides is 1. The number of unbranched alkanes of at least 4 members (excludes halogenated alkanes) is 1. The van der Waals surface area contributed by atoms with Gasteiger partial charge in [-0.1, -0.05) is 37.6 Å². The molecule has 2 rings (SSSR count). The molecule has 0 fully saturated rings. The maximum Gasteiger partial charge on any atom is 0.255 e. The number of pyridine rings is 1. The third-order valence-corrected chi connectivity index (χ3v) is 4.05. The van der Waals surface area contributed by atoms with Crippen LogP contribution in [0.15, 0.2) is 48.6 Å². The zero-order valence-corrected chi connectivity index (χ0v) is 16.6. The molecule has 150 valence electrons. The first-order chi connectivity index (χ1) is 13.6. The van der Waals surface area contributed by atoms with Gasteiger partial charge in [0.2, 0.25) is 0 Å². The van der Waals surface area contributed by atoms with Crippen molar-refractivity contribution in [2.24, 2.45) is 0 Å². The van der Waals surface area contributed by atoms with E-state index in [9.17, 15) is 4.79 Å². The second kappa shape index (κ2) is 11.8. The van der Waals surface area contributed by atoms with Gasteiger partial charge in [0, 0.05) is 13.7 Å². The Morgan fingerprint density at radius 1 is 1.21 bits per heavy atom. The Kier molecular flexibility index (Phi) is 9.01. The van der Waals surface area contributed by atoms with Gasteiger partial charge in [0.15, 0.2) is 0 Å². The highest BCUT2D eigenvalue weighted by molar-refractivity contribution is 5.98. The standard InChI is InChI=1S/C22H29N3O3/c1-3-4-5-6-7-13-28-19-10-8-9-17(14-19)15-24-22(26)20-12-11-18(16-27-2)25-21(20)23/h5-6,8-12,14H,3-4,7,13,15-16H2,1-2H3,(H2,23,25)(H,24,26)/b6-5+. The van der Waals surface area contributed by atoms with Crippen LogP contribution >= 0.6 is 0 Å². The van der Waals surface area contributed by atoms with Gasteiger partial charge in [0.25, 0.3) is 5.91 Å². The van der Waals surface area contributed by atoms with E-state index in [1.807, 2.05) is 24.3 Å². The van der Waals surface area contributed by atoms with E-state index in [0.29, 0.717) is 31.0 Å². The molecule has 3 N–H and O–H groups in total. The molecule has 0 radical (unpaired) electrons. The molecule has 0 spiro atoms. The molecule has 6 nitrogen and oxygen atoms in total. The number of aromatic nitrogens is 1. The fourth-order valence-electron chi connectivity index (χ4n) is 2.61. The van der Waals surface area contributed by atoms with Crippen LogP contribution in [-0.4, -0.2) is 24.6 Å². The minimum absolute atomic E-state index is 0.195. The largest absolute Gasteiger partial charge is 0.493 e. The summed E-state index contributed by atoms with van der Waals surface area (Å²) in [5, 5.41) is 2.87. The Hall–Kier alpha value is -2.86. The smallest absolute Gasteiger partial charge is 0.255 e. The molecular weight excluding hydrogens is 354 g/mol.